The summed E-state index contributed by atoms with van der Waals surface area (Å²) < 4.78 is 44.7. The van der Waals surface area contributed by atoms with E-state index in [0.717, 1.165) is 6.07 Å². The smallest absolute Gasteiger partial charge is 0.235 e. The maximum absolute atomic E-state index is 14.9. The van der Waals surface area contributed by atoms with Crippen LogP contribution in [-0.4, -0.2) is 56.2 Å². The van der Waals surface area contributed by atoms with Crippen LogP contribution in [0.5, 0.6) is 11.6 Å². The highest BCUT2D eigenvalue weighted by Gasteiger charge is 2.53. The van der Waals surface area contributed by atoms with Crippen LogP contribution in [0.15, 0.2) is 35.5 Å². The fourth-order valence-corrected chi connectivity index (χ4v) is 3.74. The molecule has 4 rings (SSSR count). The molecule has 2 atom stereocenters. The summed E-state index contributed by atoms with van der Waals surface area (Å²) in [6.07, 6.45) is 1.64. The van der Waals surface area contributed by atoms with E-state index in [1.807, 2.05) is 6.07 Å². The maximum atomic E-state index is 14.9. The van der Waals surface area contributed by atoms with Crippen LogP contribution in [0.25, 0.3) is 0 Å². The van der Waals surface area contributed by atoms with Gasteiger partial charge in [-0.1, -0.05) is 0 Å². The predicted octanol–water partition coefficient (Wildman–Crippen LogP) is 2.30. The third-order valence-electron chi connectivity index (χ3n) is 5.30. The van der Waals surface area contributed by atoms with E-state index in [1.54, 1.807) is 14.2 Å². The Bertz CT molecular complexity index is 1120. The van der Waals surface area contributed by atoms with Crippen LogP contribution in [0.4, 0.5) is 8.78 Å². The van der Waals surface area contributed by atoms with Crippen molar-refractivity contribution in [3.8, 4) is 17.7 Å². The van der Waals surface area contributed by atoms with Crippen molar-refractivity contribution in [2.75, 3.05) is 34.5 Å². The fraction of sp³-hybridized carbons (Fsp3) is 0.364. The SMILES string of the molecule is CN1C(=O)C2CCOCC2(c2cc(Oc3cc(C#N)ccn3)c(F)cc2F)N=C1N.COC. The molecule has 1 saturated heterocycles. The van der Waals surface area contributed by atoms with Gasteiger partial charge in [0.15, 0.2) is 17.5 Å². The van der Waals surface area contributed by atoms with Gasteiger partial charge in [-0.15, -0.1) is 0 Å². The first-order chi connectivity index (χ1) is 15.8. The number of methoxy groups -OCH3 is 1. The number of ether oxygens (including phenoxy) is 3. The second-order valence-electron chi connectivity index (χ2n) is 7.45. The second kappa shape index (κ2) is 9.89. The fourth-order valence-electron chi connectivity index (χ4n) is 3.74. The first-order valence-electron chi connectivity index (χ1n) is 9.91. The number of nitrogens with zero attached hydrogens (tertiary/aromatic N) is 4. The summed E-state index contributed by atoms with van der Waals surface area (Å²) in [5, 5.41) is 9.00. The molecule has 1 amide bonds. The highest BCUT2D eigenvalue weighted by molar-refractivity contribution is 6.00. The molecule has 2 unspecified atom stereocenters. The zero-order chi connectivity index (χ0) is 24.2. The van der Waals surface area contributed by atoms with Gasteiger partial charge in [0.05, 0.1) is 24.2 Å². The lowest BCUT2D eigenvalue weighted by Gasteiger charge is -2.45. The number of hydrogen-bond acceptors (Lipinski definition) is 8. The van der Waals surface area contributed by atoms with Crippen molar-refractivity contribution in [3.05, 3.63) is 53.2 Å². The van der Waals surface area contributed by atoms with Crippen LogP contribution in [0.3, 0.4) is 0 Å². The number of carbonyl (C=O) groups excluding carboxylic acids is 1. The van der Waals surface area contributed by atoms with Crippen LogP contribution >= 0.6 is 0 Å². The normalized spacial score (nSPS) is 21.8. The highest BCUT2D eigenvalue weighted by atomic mass is 19.1. The van der Waals surface area contributed by atoms with Crippen LogP contribution in [0.2, 0.25) is 0 Å². The Labute approximate surface area is 189 Å². The molecule has 1 fully saturated rings. The van der Waals surface area contributed by atoms with Gasteiger partial charge >= 0.3 is 0 Å². The van der Waals surface area contributed by atoms with Crippen LogP contribution in [0.1, 0.15) is 17.5 Å². The number of aromatic nitrogens is 1. The number of halogens is 2. The number of rotatable bonds is 3. The van der Waals surface area contributed by atoms with Gasteiger partial charge in [0, 0.05) is 51.8 Å². The number of nitrogens with two attached hydrogens (primary N) is 1. The van der Waals surface area contributed by atoms with E-state index in [9.17, 15) is 13.6 Å². The third-order valence-corrected chi connectivity index (χ3v) is 5.30. The quantitative estimate of drug-likeness (QED) is 0.747. The average Bonchev–Trinajstić information content (AvgIpc) is 2.80. The average molecular weight is 459 g/mol. The molecule has 0 saturated carbocycles. The number of nitriles is 1. The molecule has 33 heavy (non-hydrogen) atoms. The number of pyridine rings is 1. The Morgan fingerprint density at radius 1 is 1.30 bits per heavy atom. The molecule has 11 heteroatoms. The van der Waals surface area contributed by atoms with Gasteiger partial charge in [-0.3, -0.25) is 9.69 Å². The highest BCUT2D eigenvalue weighted by Crippen LogP contribution is 2.45. The van der Waals surface area contributed by atoms with Gasteiger partial charge in [-0.25, -0.2) is 18.8 Å². The van der Waals surface area contributed by atoms with E-state index in [2.05, 4.69) is 14.7 Å². The van der Waals surface area contributed by atoms with Crippen LogP contribution < -0.4 is 10.5 Å². The third kappa shape index (κ3) is 4.62. The molecule has 2 aromatic rings. The molecular weight excluding hydrogens is 436 g/mol. The Balaban J connectivity index is 0.000000968. The van der Waals surface area contributed by atoms with Gasteiger partial charge in [0.2, 0.25) is 11.8 Å². The second-order valence-corrected chi connectivity index (χ2v) is 7.45. The summed E-state index contributed by atoms with van der Waals surface area (Å²) >= 11 is 0. The first-order valence-corrected chi connectivity index (χ1v) is 9.91. The number of guanidine groups is 1. The topological polar surface area (TPSA) is 123 Å². The molecule has 1 aromatic carbocycles. The molecule has 2 aliphatic heterocycles. The summed E-state index contributed by atoms with van der Waals surface area (Å²) in [6.45, 7) is 0.209. The number of carbonyl (C=O) groups is 1. The number of fused-ring (bicyclic) bond motifs is 1. The molecule has 9 nitrogen and oxygen atoms in total. The number of benzene rings is 1. The molecule has 1 aromatic heterocycles. The molecule has 0 spiro atoms. The lowest BCUT2D eigenvalue weighted by molar-refractivity contribution is -0.140. The van der Waals surface area contributed by atoms with Crippen molar-refractivity contribution in [1.82, 2.24) is 9.88 Å². The van der Waals surface area contributed by atoms with Crippen molar-refractivity contribution in [3.63, 3.8) is 0 Å². The van der Waals surface area contributed by atoms with Gasteiger partial charge in [0.25, 0.3) is 0 Å². The molecule has 2 aliphatic rings. The number of aliphatic imine (C=N–C) groups is 1. The van der Waals surface area contributed by atoms with E-state index < -0.39 is 23.1 Å². The Morgan fingerprint density at radius 2 is 2.03 bits per heavy atom. The van der Waals surface area contributed by atoms with Crippen LogP contribution in [-0.2, 0) is 19.8 Å². The summed E-state index contributed by atoms with van der Waals surface area (Å²) in [5.74, 6) is -3.37. The Kier molecular flexibility index (Phi) is 7.20. The lowest BCUT2D eigenvalue weighted by Crippen LogP contribution is -2.58. The zero-order valence-corrected chi connectivity index (χ0v) is 18.3. The molecule has 0 aliphatic carbocycles. The summed E-state index contributed by atoms with van der Waals surface area (Å²) in [5.41, 5.74) is 4.66. The number of amides is 1. The van der Waals surface area contributed by atoms with Crippen molar-refractivity contribution >= 4 is 11.9 Å². The minimum Gasteiger partial charge on any atom is -0.436 e. The van der Waals surface area contributed by atoms with Crippen molar-refractivity contribution in [2.24, 2.45) is 16.6 Å². The largest absolute Gasteiger partial charge is 0.436 e. The summed E-state index contributed by atoms with van der Waals surface area (Å²) in [7, 11) is 4.74. The predicted molar refractivity (Wildman–Crippen MR) is 113 cm³/mol. The van der Waals surface area contributed by atoms with E-state index in [4.69, 9.17) is 20.5 Å². The van der Waals surface area contributed by atoms with Gasteiger partial charge < -0.3 is 19.9 Å². The van der Waals surface area contributed by atoms with Crippen molar-refractivity contribution in [2.45, 2.75) is 12.0 Å². The van der Waals surface area contributed by atoms with Gasteiger partial charge in [0.1, 0.15) is 11.4 Å². The zero-order valence-electron chi connectivity index (χ0n) is 18.3. The molecule has 0 bridgehead atoms. The molecule has 3 heterocycles. The van der Waals surface area contributed by atoms with Crippen molar-refractivity contribution in [1.29, 1.82) is 5.26 Å². The maximum Gasteiger partial charge on any atom is 0.235 e. The molecule has 0 radical (unpaired) electrons. The summed E-state index contributed by atoms with van der Waals surface area (Å²) in [6, 6.07) is 6.51. The Morgan fingerprint density at radius 3 is 2.73 bits per heavy atom. The monoisotopic (exact) mass is 459 g/mol. The first kappa shape index (κ1) is 24.0. The van der Waals surface area contributed by atoms with Crippen LogP contribution in [0, 0.1) is 28.9 Å². The van der Waals surface area contributed by atoms with E-state index in [-0.39, 0.29) is 41.2 Å². The van der Waals surface area contributed by atoms with Gasteiger partial charge in [-0.05, 0) is 18.6 Å². The van der Waals surface area contributed by atoms with Gasteiger partial charge in [-0.2, -0.15) is 5.26 Å². The van der Waals surface area contributed by atoms with E-state index >= 15 is 0 Å². The standard InChI is InChI=1S/C20H17F2N5O3.C2H6O/c1-27-18(28)12-3-5-29-10-20(12,26-19(27)24)13-7-16(15(22)8-14(13)21)30-17-6-11(9-23)2-4-25-17;1-3-2/h2,4,6-8,12H,3,5,10H2,1H3,(H2,24,26);1-2H3. The Hall–Kier alpha value is -3.62. The molecule has 2 N–H and O–H groups in total. The molecular formula is C22H23F2N5O4. The van der Waals surface area contributed by atoms with E-state index in [0.29, 0.717) is 19.1 Å². The minimum absolute atomic E-state index is 0.0399. The number of hydrogen-bond donors (Lipinski definition) is 1. The van der Waals surface area contributed by atoms with E-state index in [1.165, 1.54) is 30.3 Å². The van der Waals surface area contributed by atoms with Crippen molar-refractivity contribution < 1.29 is 27.8 Å². The molecule has 174 valence electrons. The summed E-state index contributed by atoms with van der Waals surface area (Å²) in [4.78, 5) is 22.4. The lowest BCUT2D eigenvalue weighted by atomic mass is 9.74. The minimum atomic E-state index is -1.44.